The number of benzene rings is 1. The van der Waals surface area contributed by atoms with Gasteiger partial charge in [-0.2, -0.15) is 18.3 Å². The fourth-order valence-corrected chi connectivity index (χ4v) is 3.75. The molecule has 1 amide bonds. The smallest absolute Gasteiger partial charge is 0.343 e. The molecule has 7 nitrogen and oxygen atoms in total. The van der Waals surface area contributed by atoms with E-state index in [9.17, 15) is 26.4 Å². The van der Waals surface area contributed by atoms with Crippen LogP contribution in [0.2, 0.25) is 0 Å². The number of hydrogen-bond donors (Lipinski definition) is 2. The maximum atomic E-state index is 12.6. The fraction of sp³-hybridized carbons (Fsp3) is 0.412. The summed E-state index contributed by atoms with van der Waals surface area (Å²) in [5, 5.41) is 6.04. The molecule has 2 N–H and O–H groups in total. The number of nitrogens with zero attached hydrogens (tertiary/aromatic N) is 2. The largest absolute Gasteiger partial charge is 0.405 e. The zero-order valence-electron chi connectivity index (χ0n) is 15.8. The number of sulfonamides is 1. The van der Waals surface area contributed by atoms with Crippen molar-refractivity contribution in [2.24, 2.45) is 0 Å². The van der Waals surface area contributed by atoms with E-state index in [4.69, 9.17) is 0 Å². The molecule has 0 aliphatic heterocycles. The quantitative estimate of drug-likeness (QED) is 0.754. The Morgan fingerprint density at radius 1 is 1.18 bits per heavy atom. The molecule has 2 aromatic rings. The number of aromatic nitrogens is 2. The lowest BCUT2D eigenvalue weighted by atomic mass is 10.2. The maximum absolute atomic E-state index is 12.6. The van der Waals surface area contributed by atoms with Gasteiger partial charge in [-0.25, -0.2) is 8.42 Å². The molecule has 154 valence electrons. The molecule has 0 saturated carbocycles. The van der Waals surface area contributed by atoms with Gasteiger partial charge in [0.25, 0.3) is 15.9 Å². The van der Waals surface area contributed by atoms with Crippen molar-refractivity contribution in [2.45, 2.75) is 44.8 Å². The number of alkyl halides is 3. The van der Waals surface area contributed by atoms with Gasteiger partial charge in [0, 0.05) is 11.6 Å². The fourth-order valence-electron chi connectivity index (χ4n) is 2.57. The number of halogens is 3. The zero-order chi connectivity index (χ0) is 21.3. The van der Waals surface area contributed by atoms with Crippen molar-refractivity contribution in [3.63, 3.8) is 0 Å². The van der Waals surface area contributed by atoms with Crippen molar-refractivity contribution in [3.8, 4) is 0 Å². The van der Waals surface area contributed by atoms with E-state index >= 15 is 0 Å². The minimum atomic E-state index is -4.53. The Morgan fingerprint density at radius 3 is 2.21 bits per heavy atom. The van der Waals surface area contributed by atoms with Crippen LogP contribution in [0, 0.1) is 13.8 Å². The van der Waals surface area contributed by atoms with Gasteiger partial charge in [0.2, 0.25) is 0 Å². The normalized spacial score (nSPS) is 12.3. The Hall–Kier alpha value is -2.56. The molecule has 0 aliphatic carbocycles. The summed E-state index contributed by atoms with van der Waals surface area (Å²) in [5.74, 6) is -0.945. The van der Waals surface area contributed by atoms with Gasteiger partial charge < -0.3 is 5.32 Å². The summed E-state index contributed by atoms with van der Waals surface area (Å²) in [6.07, 6.45) is -4.53. The molecule has 0 spiro atoms. The van der Waals surface area contributed by atoms with E-state index in [0.717, 1.165) is 24.3 Å². The molecular weight excluding hydrogens is 397 g/mol. The van der Waals surface area contributed by atoms with Gasteiger partial charge in [0.1, 0.15) is 6.54 Å². The number of carbonyl (C=O) groups excluding carboxylic acids is 1. The van der Waals surface area contributed by atoms with Crippen LogP contribution in [0.3, 0.4) is 0 Å². The summed E-state index contributed by atoms with van der Waals surface area (Å²) >= 11 is 0. The predicted octanol–water partition coefficient (Wildman–Crippen LogP) is 3.17. The highest BCUT2D eigenvalue weighted by Crippen LogP contribution is 2.25. The van der Waals surface area contributed by atoms with Crippen LogP contribution in [0.4, 0.5) is 18.9 Å². The van der Waals surface area contributed by atoms with Crippen LogP contribution >= 0.6 is 0 Å². The summed E-state index contributed by atoms with van der Waals surface area (Å²) in [5.41, 5.74) is 1.45. The summed E-state index contributed by atoms with van der Waals surface area (Å²) in [7, 11) is -3.96. The van der Waals surface area contributed by atoms with Gasteiger partial charge >= 0.3 is 6.18 Å². The Kier molecular flexibility index (Phi) is 6.07. The van der Waals surface area contributed by atoms with Gasteiger partial charge in [-0.1, -0.05) is 0 Å². The van der Waals surface area contributed by atoms with Gasteiger partial charge in [-0.05, 0) is 52.0 Å². The first-order chi connectivity index (χ1) is 12.8. The van der Waals surface area contributed by atoms with Crippen molar-refractivity contribution in [2.75, 3.05) is 11.3 Å². The first-order valence-electron chi connectivity index (χ1n) is 8.35. The molecule has 0 radical (unpaired) electrons. The number of amides is 1. The van der Waals surface area contributed by atoms with Crippen LogP contribution < -0.4 is 10.0 Å². The molecule has 0 saturated heterocycles. The van der Waals surface area contributed by atoms with Crippen molar-refractivity contribution in [3.05, 3.63) is 41.2 Å². The van der Waals surface area contributed by atoms with Gasteiger partial charge in [0.05, 0.1) is 22.0 Å². The lowest BCUT2D eigenvalue weighted by Crippen LogP contribution is -2.33. The van der Waals surface area contributed by atoms with E-state index in [2.05, 4.69) is 9.82 Å². The molecule has 0 aliphatic rings. The van der Waals surface area contributed by atoms with Crippen LogP contribution in [0.25, 0.3) is 0 Å². The van der Waals surface area contributed by atoms with Crippen LogP contribution in [0.1, 0.15) is 41.6 Å². The molecule has 0 fully saturated rings. The third-order valence-electron chi connectivity index (χ3n) is 3.93. The predicted molar refractivity (Wildman–Crippen MR) is 97.7 cm³/mol. The Bertz CT molecular complexity index is 965. The molecule has 11 heteroatoms. The minimum absolute atomic E-state index is 0.0476. The third-order valence-corrected chi connectivity index (χ3v) is 5.29. The Balaban J connectivity index is 2.20. The molecular formula is C17H21F3N4O3S. The molecule has 0 atom stereocenters. The summed E-state index contributed by atoms with van der Waals surface area (Å²) in [6.45, 7) is 5.79. The molecule has 1 heterocycles. The average Bonchev–Trinajstić information content (AvgIpc) is 2.87. The highest BCUT2D eigenvalue weighted by Gasteiger charge is 2.28. The number of carbonyl (C=O) groups is 1. The maximum Gasteiger partial charge on any atom is 0.405 e. The molecule has 28 heavy (non-hydrogen) atoms. The van der Waals surface area contributed by atoms with Crippen molar-refractivity contribution in [1.29, 1.82) is 0 Å². The second-order valence-corrected chi connectivity index (χ2v) is 8.19. The zero-order valence-corrected chi connectivity index (χ0v) is 16.6. The van der Waals surface area contributed by atoms with Crippen molar-refractivity contribution >= 4 is 21.6 Å². The highest BCUT2D eigenvalue weighted by molar-refractivity contribution is 7.92. The van der Waals surface area contributed by atoms with Gasteiger partial charge in [-0.3, -0.25) is 14.2 Å². The first-order valence-corrected chi connectivity index (χ1v) is 9.83. The summed E-state index contributed by atoms with van der Waals surface area (Å²) < 4.78 is 65.9. The third kappa shape index (κ3) is 5.03. The van der Waals surface area contributed by atoms with Crippen LogP contribution in [0.15, 0.2) is 29.2 Å². The SMILES string of the molecule is Cc1nn(C(C)C)c(C)c1NS(=O)(=O)c1ccc(C(=O)NCC(F)(F)F)cc1. The highest BCUT2D eigenvalue weighted by atomic mass is 32.2. The molecule has 1 aromatic heterocycles. The molecule has 1 aromatic carbocycles. The number of anilines is 1. The molecule has 2 rings (SSSR count). The van der Waals surface area contributed by atoms with Gasteiger partial charge in [-0.15, -0.1) is 0 Å². The second kappa shape index (κ2) is 7.82. The van der Waals surface area contributed by atoms with Gasteiger partial charge in [0.15, 0.2) is 0 Å². The Morgan fingerprint density at radius 2 is 1.75 bits per heavy atom. The lowest BCUT2D eigenvalue weighted by Gasteiger charge is -2.11. The number of nitrogens with one attached hydrogen (secondary N) is 2. The Labute approximate surface area is 161 Å². The lowest BCUT2D eigenvalue weighted by molar-refractivity contribution is -0.123. The van der Waals surface area contributed by atoms with Crippen molar-refractivity contribution < 1.29 is 26.4 Å². The number of hydrogen-bond acceptors (Lipinski definition) is 4. The first kappa shape index (κ1) is 21.7. The minimum Gasteiger partial charge on any atom is -0.343 e. The number of aryl methyl sites for hydroxylation is 1. The average molecular weight is 418 g/mol. The monoisotopic (exact) mass is 418 g/mol. The van der Waals surface area contributed by atoms with E-state index in [1.165, 1.54) is 0 Å². The number of rotatable bonds is 6. The van der Waals surface area contributed by atoms with E-state index in [0.29, 0.717) is 17.1 Å². The van der Waals surface area contributed by atoms with E-state index in [1.54, 1.807) is 23.8 Å². The van der Waals surface area contributed by atoms with Crippen LogP contribution in [-0.4, -0.2) is 36.8 Å². The van der Waals surface area contributed by atoms with E-state index < -0.39 is 28.7 Å². The van der Waals surface area contributed by atoms with Crippen molar-refractivity contribution in [1.82, 2.24) is 15.1 Å². The second-order valence-electron chi connectivity index (χ2n) is 6.51. The van der Waals surface area contributed by atoms with E-state index in [1.807, 2.05) is 13.8 Å². The van der Waals surface area contributed by atoms with E-state index in [-0.39, 0.29) is 16.5 Å². The summed E-state index contributed by atoms with van der Waals surface area (Å²) in [6, 6.07) is 4.66. The molecule has 0 bridgehead atoms. The topological polar surface area (TPSA) is 93.1 Å². The summed E-state index contributed by atoms with van der Waals surface area (Å²) in [4.78, 5) is 11.6. The standard InChI is InChI=1S/C17H21F3N4O3S/c1-10(2)24-12(4)15(11(3)22-24)23-28(26,27)14-7-5-13(6-8-14)16(25)21-9-17(18,19)20/h5-8,10,23H,9H2,1-4H3,(H,21,25). The molecule has 0 unspecified atom stereocenters. The van der Waals surface area contributed by atoms with Crippen LogP contribution in [0.5, 0.6) is 0 Å². The van der Waals surface area contributed by atoms with Crippen LogP contribution in [-0.2, 0) is 10.0 Å².